The normalized spacial score (nSPS) is 12.0. The van der Waals surface area contributed by atoms with Crippen molar-refractivity contribution in [2.45, 2.75) is 23.3 Å². The third kappa shape index (κ3) is 7.35. The summed E-state index contributed by atoms with van der Waals surface area (Å²) in [5, 5.41) is 7.25. The van der Waals surface area contributed by atoms with E-state index in [2.05, 4.69) is 20.3 Å². The summed E-state index contributed by atoms with van der Waals surface area (Å²) in [5.41, 5.74) is 0.933. The van der Waals surface area contributed by atoms with E-state index in [0.717, 1.165) is 35.4 Å². The van der Waals surface area contributed by atoms with Crippen LogP contribution in [-0.2, 0) is 16.6 Å². The van der Waals surface area contributed by atoms with E-state index in [4.69, 9.17) is 11.6 Å². The van der Waals surface area contributed by atoms with Crippen molar-refractivity contribution >= 4 is 39.3 Å². The first-order valence-electron chi connectivity index (χ1n) is 8.87. The number of aliphatic imine (C=N–C) groups is 1. The van der Waals surface area contributed by atoms with Crippen LogP contribution in [0.1, 0.15) is 12.5 Å². The number of nitrogens with zero attached hydrogens (tertiary/aromatic N) is 1. The van der Waals surface area contributed by atoms with Crippen LogP contribution in [0.2, 0.25) is 5.02 Å². The highest BCUT2D eigenvalue weighted by Crippen LogP contribution is 2.19. The highest BCUT2D eigenvalue weighted by Gasteiger charge is 2.10. The predicted molar refractivity (Wildman–Crippen MR) is 118 cm³/mol. The molecular weight excluding hydrogens is 416 g/mol. The van der Waals surface area contributed by atoms with Crippen LogP contribution in [0.3, 0.4) is 0 Å². The van der Waals surface area contributed by atoms with Gasteiger partial charge in [-0.3, -0.25) is 0 Å². The van der Waals surface area contributed by atoms with E-state index in [1.807, 2.05) is 31.2 Å². The van der Waals surface area contributed by atoms with Crippen LogP contribution < -0.4 is 15.4 Å². The molecule has 0 aliphatic heterocycles. The molecular formula is C19H25ClN4O2S2. The minimum absolute atomic E-state index is 0.243. The average molecular weight is 441 g/mol. The van der Waals surface area contributed by atoms with E-state index in [0.29, 0.717) is 6.54 Å². The van der Waals surface area contributed by atoms with Crippen molar-refractivity contribution in [3.63, 3.8) is 0 Å². The fraction of sp³-hybridized carbons (Fsp3) is 0.316. The van der Waals surface area contributed by atoms with E-state index in [-0.39, 0.29) is 4.90 Å². The van der Waals surface area contributed by atoms with Gasteiger partial charge in [-0.05, 0) is 55.9 Å². The summed E-state index contributed by atoms with van der Waals surface area (Å²) in [4.78, 5) is 5.97. The summed E-state index contributed by atoms with van der Waals surface area (Å²) in [6.07, 6.45) is 0. The molecule has 0 saturated heterocycles. The second-order valence-corrected chi connectivity index (χ2v) is 9.27. The minimum Gasteiger partial charge on any atom is -0.357 e. The second-order valence-electron chi connectivity index (χ2n) is 5.78. The number of rotatable bonds is 9. The van der Waals surface area contributed by atoms with Gasteiger partial charge in [0.15, 0.2) is 5.96 Å². The van der Waals surface area contributed by atoms with Gasteiger partial charge in [-0.2, -0.15) is 0 Å². The fourth-order valence-electron chi connectivity index (χ4n) is 2.27. The number of hydrogen-bond donors (Lipinski definition) is 3. The van der Waals surface area contributed by atoms with Gasteiger partial charge < -0.3 is 10.6 Å². The van der Waals surface area contributed by atoms with Crippen molar-refractivity contribution in [2.24, 2.45) is 4.99 Å². The minimum atomic E-state index is -3.42. The molecule has 0 saturated carbocycles. The van der Waals surface area contributed by atoms with Crippen LogP contribution in [0.15, 0.2) is 63.3 Å². The van der Waals surface area contributed by atoms with Gasteiger partial charge in [0.1, 0.15) is 0 Å². The van der Waals surface area contributed by atoms with Crippen LogP contribution in [0, 0.1) is 0 Å². The van der Waals surface area contributed by atoms with Gasteiger partial charge in [-0.25, -0.2) is 18.1 Å². The molecule has 0 bridgehead atoms. The van der Waals surface area contributed by atoms with E-state index in [9.17, 15) is 8.42 Å². The number of benzene rings is 2. The first-order valence-corrected chi connectivity index (χ1v) is 11.7. The van der Waals surface area contributed by atoms with Gasteiger partial charge in [-0.1, -0.05) is 23.7 Å². The Hall–Kier alpha value is -1.74. The van der Waals surface area contributed by atoms with E-state index < -0.39 is 10.0 Å². The topological polar surface area (TPSA) is 82.6 Å². The SMILES string of the molecule is CCNC(=NCc1ccc(S(=O)(=O)NC)cc1)NCCSc1ccc(Cl)cc1. The number of thioether (sulfide) groups is 1. The van der Waals surface area contributed by atoms with Gasteiger partial charge >= 0.3 is 0 Å². The highest BCUT2D eigenvalue weighted by atomic mass is 35.5. The van der Waals surface area contributed by atoms with Crippen molar-refractivity contribution in [1.29, 1.82) is 0 Å². The number of sulfonamides is 1. The molecule has 0 aliphatic rings. The van der Waals surface area contributed by atoms with E-state index >= 15 is 0 Å². The molecule has 2 rings (SSSR count). The van der Waals surface area contributed by atoms with Crippen molar-refractivity contribution in [2.75, 3.05) is 25.9 Å². The molecule has 0 aromatic heterocycles. The first kappa shape index (κ1) is 22.5. The third-order valence-electron chi connectivity index (χ3n) is 3.74. The monoisotopic (exact) mass is 440 g/mol. The van der Waals surface area contributed by atoms with Gasteiger partial charge in [0.2, 0.25) is 10.0 Å². The molecule has 6 nitrogen and oxygen atoms in total. The van der Waals surface area contributed by atoms with Crippen LogP contribution in [0.25, 0.3) is 0 Å². The smallest absolute Gasteiger partial charge is 0.240 e. The van der Waals surface area contributed by atoms with Crippen LogP contribution in [0.5, 0.6) is 0 Å². The fourth-order valence-corrected chi connectivity index (χ4v) is 3.90. The molecule has 0 fully saturated rings. The van der Waals surface area contributed by atoms with E-state index in [1.54, 1.807) is 36.0 Å². The van der Waals surface area contributed by atoms with Crippen molar-refractivity contribution < 1.29 is 8.42 Å². The average Bonchev–Trinajstić information content (AvgIpc) is 2.71. The third-order valence-corrected chi connectivity index (χ3v) is 6.44. The van der Waals surface area contributed by atoms with Gasteiger partial charge in [0.25, 0.3) is 0 Å². The first-order chi connectivity index (χ1) is 13.4. The second kappa shape index (κ2) is 11.3. The Kier molecular flexibility index (Phi) is 9.11. The number of hydrogen-bond acceptors (Lipinski definition) is 4. The summed E-state index contributed by atoms with van der Waals surface area (Å²) >= 11 is 7.64. The van der Waals surface area contributed by atoms with Crippen molar-refractivity contribution in [3.05, 3.63) is 59.1 Å². The van der Waals surface area contributed by atoms with Gasteiger partial charge in [0, 0.05) is 28.8 Å². The molecule has 0 spiro atoms. The zero-order valence-corrected chi connectivity index (χ0v) is 18.3. The Bertz CT molecular complexity index is 870. The lowest BCUT2D eigenvalue weighted by Gasteiger charge is -2.11. The number of halogens is 1. The van der Waals surface area contributed by atoms with Gasteiger partial charge in [0.05, 0.1) is 11.4 Å². The maximum atomic E-state index is 11.8. The molecule has 3 N–H and O–H groups in total. The lowest BCUT2D eigenvalue weighted by atomic mass is 10.2. The van der Waals surface area contributed by atoms with Crippen LogP contribution in [0.4, 0.5) is 0 Å². The molecule has 0 aliphatic carbocycles. The lowest BCUT2D eigenvalue weighted by molar-refractivity contribution is 0.588. The summed E-state index contributed by atoms with van der Waals surface area (Å²) in [6.45, 7) is 3.99. The predicted octanol–water partition coefficient (Wildman–Crippen LogP) is 3.10. The zero-order valence-electron chi connectivity index (χ0n) is 15.9. The molecule has 2 aromatic rings. The zero-order chi connectivity index (χ0) is 20.4. The summed E-state index contributed by atoms with van der Waals surface area (Å²) < 4.78 is 25.8. The molecule has 9 heteroatoms. The van der Waals surface area contributed by atoms with Crippen molar-refractivity contribution in [3.8, 4) is 0 Å². The molecule has 152 valence electrons. The molecule has 0 atom stereocenters. The van der Waals surface area contributed by atoms with E-state index in [1.165, 1.54) is 11.9 Å². The lowest BCUT2D eigenvalue weighted by Crippen LogP contribution is -2.38. The Morgan fingerprint density at radius 1 is 1.07 bits per heavy atom. The summed E-state index contributed by atoms with van der Waals surface area (Å²) in [5.74, 6) is 1.62. The quantitative estimate of drug-likeness (QED) is 0.241. The molecule has 0 amide bonds. The summed E-state index contributed by atoms with van der Waals surface area (Å²) in [7, 11) is -2.02. The highest BCUT2D eigenvalue weighted by molar-refractivity contribution is 7.99. The molecule has 2 aromatic carbocycles. The van der Waals surface area contributed by atoms with Crippen LogP contribution in [-0.4, -0.2) is 40.3 Å². The Morgan fingerprint density at radius 2 is 1.75 bits per heavy atom. The Balaban J connectivity index is 1.86. The molecule has 28 heavy (non-hydrogen) atoms. The molecule has 0 radical (unpaired) electrons. The maximum absolute atomic E-state index is 11.8. The largest absolute Gasteiger partial charge is 0.357 e. The van der Waals surface area contributed by atoms with Crippen LogP contribution >= 0.6 is 23.4 Å². The Labute approximate surface area is 176 Å². The van der Waals surface area contributed by atoms with Crippen molar-refractivity contribution in [1.82, 2.24) is 15.4 Å². The summed E-state index contributed by atoms with van der Waals surface area (Å²) in [6, 6.07) is 14.5. The van der Waals surface area contributed by atoms with Gasteiger partial charge in [-0.15, -0.1) is 11.8 Å². The standard InChI is InChI=1S/C19H25ClN4O2S2/c1-3-22-19(23-12-13-27-17-8-6-16(20)7-9-17)24-14-15-4-10-18(11-5-15)28(25,26)21-2/h4-11,21H,3,12-14H2,1-2H3,(H2,22,23,24). The number of nitrogens with one attached hydrogen (secondary N) is 3. The Morgan fingerprint density at radius 3 is 2.36 bits per heavy atom. The molecule has 0 heterocycles. The molecule has 0 unspecified atom stereocenters. The maximum Gasteiger partial charge on any atom is 0.240 e. The number of guanidine groups is 1.